The molecule has 110 valence electrons. The van der Waals surface area contributed by atoms with Crippen LogP contribution >= 0.6 is 15.9 Å². The smallest absolute Gasteiger partial charge is 0.138 e. The molecule has 0 spiro atoms. The third-order valence-electron chi connectivity index (χ3n) is 3.91. The topological polar surface area (TPSA) is 26.7 Å². The second kappa shape index (κ2) is 6.50. The minimum atomic E-state index is 0.374. The zero-order valence-electron chi connectivity index (χ0n) is 11.9. The van der Waals surface area contributed by atoms with Gasteiger partial charge in [-0.25, -0.2) is 0 Å². The standard InChI is InChI=1S/C17H19BrN2O/c18-15-7-5-14(6-8-15)13-19-9-11-20(12-10-19)16-3-1-2-4-17(16)21/h1-8,21H,9-13H2. The Kier molecular flexibility index (Phi) is 4.46. The SMILES string of the molecule is Oc1ccccc1N1CCN(Cc2ccc(Br)cc2)CC1. The number of hydrogen-bond acceptors (Lipinski definition) is 3. The van der Waals surface area contributed by atoms with E-state index < -0.39 is 0 Å². The van der Waals surface area contributed by atoms with Gasteiger partial charge in [0.15, 0.2) is 0 Å². The van der Waals surface area contributed by atoms with Crippen LogP contribution < -0.4 is 4.90 Å². The van der Waals surface area contributed by atoms with Crippen LogP contribution in [0.1, 0.15) is 5.56 Å². The lowest BCUT2D eigenvalue weighted by Crippen LogP contribution is -2.45. The number of anilines is 1. The minimum absolute atomic E-state index is 0.374. The van der Waals surface area contributed by atoms with Crippen molar-refractivity contribution in [2.75, 3.05) is 31.1 Å². The van der Waals surface area contributed by atoms with Crippen LogP contribution in [0.2, 0.25) is 0 Å². The molecule has 1 fully saturated rings. The molecule has 1 heterocycles. The van der Waals surface area contributed by atoms with Crippen molar-refractivity contribution in [3.05, 3.63) is 58.6 Å². The van der Waals surface area contributed by atoms with Gasteiger partial charge in [-0.2, -0.15) is 0 Å². The number of phenols is 1. The summed E-state index contributed by atoms with van der Waals surface area (Å²) < 4.78 is 1.12. The number of para-hydroxylation sites is 2. The Bertz CT molecular complexity index is 592. The monoisotopic (exact) mass is 346 g/mol. The third kappa shape index (κ3) is 3.57. The Morgan fingerprint density at radius 1 is 0.905 bits per heavy atom. The first-order valence-corrected chi connectivity index (χ1v) is 8.01. The van der Waals surface area contributed by atoms with Crippen LogP contribution in [0.15, 0.2) is 53.0 Å². The van der Waals surface area contributed by atoms with E-state index in [-0.39, 0.29) is 0 Å². The highest BCUT2D eigenvalue weighted by Gasteiger charge is 2.18. The summed E-state index contributed by atoms with van der Waals surface area (Å²) in [5, 5.41) is 9.93. The van der Waals surface area contributed by atoms with Crippen LogP contribution in [0.25, 0.3) is 0 Å². The molecular weight excluding hydrogens is 328 g/mol. The summed E-state index contributed by atoms with van der Waals surface area (Å²) in [7, 11) is 0. The molecule has 0 unspecified atom stereocenters. The third-order valence-corrected chi connectivity index (χ3v) is 4.44. The first-order chi connectivity index (χ1) is 10.2. The fraction of sp³-hybridized carbons (Fsp3) is 0.294. The number of nitrogens with zero attached hydrogens (tertiary/aromatic N) is 2. The fourth-order valence-electron chi connectivity index (χ4n) is 2.73. The first kappa shape index (κ1) is 14.4. The summed E-state index contributed by atoms with van der Waals surface area (Å²) in [5.74, 6) is 0.374. The molecule has 1 N–H and O–H groups in total. The molecule has 0 aromatic heterocycles. The van der Waals surface area contributed by atoms with E-state index >= 15 is 0 Å². The van der Waals surface area contributed by atoms with E-state index in [0.29, 0.717) is 5.75 Å². The van der Waals surface area contributed by atoms with Crippen molar-refractivity contribution in [2.45, 2.75) is 6.54 Å². The van der Waals surface area contributed by atoms with Gasteiger partial charge in [0.1, 0.15) is 5.75 Å². The van der Waals surface area contributed by atoms with Gasteiger partial charge >= 0.3 is 0 Å². The summed E-state index contributed by atoms with van der Waals surface area (Å²) >= 11 is 3.47. The minimum Gasteiger partial charge on any atom is -0.506 e. The lowest BCUT2D eigenvalue weighted by atomic mass is 10.2. The maximum Gasteiger partial charge on any atom is 0.138 e. The van der Waals surface area contributed by atoms with Crippen LogP contribution in [-0.2, 0) is 6.54 Å². The van der Waals surface area contributed by atoms with Crippen molar-refractivity contribution < 1.29 is 5.11 Å². The molecule has 1 saturated heterocycles. The molecule has 0 aliphatic carbocycles. The summed E-state index contributed by atoms with van der Waals surface area (Å²) in [5.41, 5.74) is 2.29. The van der Waals surface area contributed by atoms with E-state index in [2.05, 4.69) is 50.0 Å². The van der Waals surface area contributed by atoms with E-state index in [1.807, 2.05) is 18.2 Å². The summed E-state index contributed by atoms with van der Waals surface area (Å²) in [4.78, 5) is 4.72. The Labute approximate surface area is 133 Å². The van der Waals surface area contributed by atoms with E-state index in [9.17, 15) is 5.11 Å². The molecular formula is C17H19BrN2O. The van der Waals surface area contributed by atoms with Crippen molar-refractivity contribution in [3.8, 4) is 5.75 Å². The van der Waals surface area contributed by atoms with Crippen molar-refractivity contribution in [3.63, 3.8) is 0 Å². The molecule has 0 bridgehead atoms. The van der Waals surface area contributed by atoms with Crippen molar-refractivity contribution >= 4 is 21.6 Å². The number of phenolic OH excluding ortho intramolecular Hbond substituents is 1. The Hall–Kier alpha value is -1.52. The molecule has 1 aliphatic rings. The summed E-state index contributed by atoms with van der Waals surface area (Å²) in [6.45, 7) is 4.93. The van der Waals surface area contributed by atoms with E-state index in [1.54, 1.807) is 6.07 Å². The van der Waals surface area contributed by atoms with Crippen LogP contribution in [0.5, 0.6) is 5.75 Å². The maximum absolute atomic E-state index is 9.93. The Balaban J connectivity index is 1.58. The molecule has 0 amide bonds. The largest absolute Gasteiger partial charge is 0.506 e. The lowest BCUT2D eigenvalue weighted by Gasteiger charge is -2.36. The molecule has 4 heteroatoms. The number of rotatable bonds is 3. The number of benzene rings is 2. The van der Waals surface area contributed by atoms with Gasteiger partial charge in [0.05, 0.1) is 5.69 Å². The second-order valence-electron chi connectivity index (χ2n) is 5.38. The quantitative estimate of drug-likeness (QED) is 0.921. The molecule has 0 saturated carbocycles. The van der Waals surface area contributed by atoms with Crippen molar-refractivity contribution in [1.82, 2.24) is 4.90 Å². The van der Waals surface area contributed by atoms with Gasteiger partial charge in [-0.1, -0.05) is 40.2 Å². The molecule has 2 aromatic carbocycles. The van der Waals surface area contributed by atoms with Crippen LogP contribution in [0.3, 0.4) is 0 Å². The van der Waals surface area contributed by atoms with Crippen LogP contribution in [-0.4, -0.2) is 36.2 Å². The molecule has 3 rings (SSSR count). The van der Waals surface area contributed by atoms with Gasteiger partial charge in [-0.05, 0) is 29.8 Å². The molecule has 2 aromatic rings. The zero-order chi connectivity index (χ0) is 14.7. The average Bonchev–Trinajstić information content (AvgIpc) is 2.51. The summed E-state index contributed by atoms with van der Waals surface area (Å²) in [6, 6.07) is 16.1. The van der Waals surface area contributed by atoms with Gasteiger partial charge < -0.3 is 10.0 Å². The first-order valence-electron chi connectivity index (χ1n) is 7.22. The molecule has 0 radical (unpaired) electrons. The fourth-order valence-corrected chi connectivity index (χ4v) is 2.99. The predicted molar refractivity (Wildman–Crippen MR) is 89.7 cm³/mol. The highest BCUT2D eigenvalue weighted by atomic mass is 79.9. The van der Waals surface area contributed by atoms with Gasteiger partial charge in [0, 0.05) is 37.2 Å². The molecule has 21 heavy (non-hydrogen) atoms. The molecule has 1 aliphatic heterocycles. The van der Waals surface area contributed by atoms with E-state index in [4.69, 9.17) is 0 Å². The van der Waals surface area contributed by atoms with Gasteiger partial charge in [0.25, 0.3) is 0 Å². The lowest BCUT2D eigenvalue weighted by molar-refractivity contribution is 0.249. The zero-order valence-corrected chi connectivity index (χ0v) is 13.5. The number of hydrogen-bond donors (Lipinski definition) is 1. The van der Waals surface area contributed by atoms with E-state index in [0.717, 1.165) is 42.9 Å². The number of piperazine rings is 1. The van der Waals surface area contributed by atoms with Crippen molar-refractivity contribution in [2.24, 2.45) is 0 Å². The number of aromatic hydroxyl groups is 1. The Morgan fingerprint density at radius 2 is 1.57 bits per heavy atom. The van der Waals surface area contributed by atoms with Gasteiger partial charge in [-0.3, -0.25) is 4.90 Å². The Morgan fingerprint density at radius 3 is 2.24 bits per heavy atom. The normalized spacial score (nSPS) is 16.1. The van der Waals surface area contributed by atoms with Crippen LogP contribution in [0, 0.1) is 0 Å². The van der Waals surface area contributed by atoms with Gasteiger partial charge in [0.2, 0.25) is 0 Å². The maximum atomic E-state index is 9.93. The number of halogens is 1. The molecule has 3 nitrogen and oxygen atoms in total. The average molecular weight is 347 g/mol. The van der Waals surface area contributed by atoms with Crippen LogP contribution in [0.4, 0.5) is 5.69 Å². The van der Waals surface area contributed by atoms with Gasteiger partial charge in [-0.15, -0.1) is 0 Å². The van der Waals surface area contributed by atoms with E-state index in [1.165, 1.54) is 5.56 Å². The highest BCUT2D eigenvalue weighted by molar-refractivity contribution is 9.10. The summed E-state index contributed by atoms with van der Waals surface area (Å²) in [6.07, 6.45) is 0. The highest BCUT2D eigenvalue weighted by Crippen LogP contribution is 2.27. The molecule has 0 atom stereocenters. The predicted octanol–water partition coefficient (Wildman–Crippen LogP) is 3.48. The van der Waals surface area contributed by atoms with Crippen molar-refractivity contribution in [1.29, 1.82) is 0 Å². The second-order valence-corrected chi connectivity index (χ2v) is 6.29.